The van der Waals surface area contributed by atoms with Crippen LogP contribution in [0.15, 0.2) is 12.1 Å². The zero-order chi connectivity index (χ0) is 14.7. The van der Waals surface area contributed by atoms with Crippen LogP contribution in [0.3, 0.4) is 0 Å². The Hall–Kier alpha value is -1.13. The number of nitrogens with zero attached hydrogens (tertiary/aromatic N) is 3. The van der Waals surface area contributed by atoms with Gasteiger partial charge in [-0.05, 0) is 49.9 Å². The smallest absolute Gasteiger partial charge is 0.129 e. The second-order valence-corrected chi connectivity index (χ2v) is 6.36. The van der Waals surface area contributed by atoms with Gasteiger partial charge in [0.05, 0.1) is 6.61 Å². The number of anilines is 1. The predicted molar refractivity (Wildman–Crippen MR) is 85.6 cm³/mol. The maximum atomic E-state index is 9.50. The van der Waals surface area contributed by atoms with E-state index in [1.54, 1.807) is 0 Å². The van der Waals surface area contributed by atoms with Gasteiger partial charge in [0.15, 0.2) is 0 Å². The lowest BCUT2D eigenvalue weighted by Gasteiger charge is -2.27. The molecule has 3 heterocycles. The van der Waals surface area contributed by atoms with E-state index in [0.29, 0.717) is 6.04 Å². The average molecular weight is 289 g/mol. The molecule has 0 amide bonds. The topological polar surface area (TPSA) is 39.6 Å². The minimum Gasteiger partial charge on any atom is -0.392 e. The van der Waals surface area contributed by atoms with Gasteiger partial charge in [0.1, 0.15) is 5.82 Å². The van der Waals surface area contributed by atoms with Gasteiger partial charge in [-0.1, -0.05) is 13.3 Å². The summed E-state index contributed by atoms with van der Waals surface area (Å²) in [7, 11) is 0. The van der Waals surface area contributed by atoms with Gasteiger partial charge in [-0.2, -0.15) is 0 Å². The molecule has 116 valence electrons. The maximum absolute atomic E-state index is 9.50. The maximum Gasteiger partial charge on any atom is 0.129 e. The first kappa shape index (κ1) is 14.8. The summed E-state index contributed by atoms with van der Waals surface area (Å²) in [5, 5.41) is 9.50. The van der Waals surface area contributed by atoms with Crippen molar-refractivity contribution in [2.24, 2.45) is 0 Å². The summed E-state index contributed by atoms with van der Waals surface area (Å²) in [4.78, 5) is 9.93. The van der Waals surface area contributed by atoms with Gasteiger partial charge in [-0.25, -0.2) is 4.98 Å². The fourth-order valence-electron chi connectivity index (χ4n) is 3.69. The minimum atomic E-state index is 0.107. The van der Waals surface area contributed by atoms with E-state index >= 15 is 0 Å². The first-order valence-corrected chi connectivity index (χ1v) is 8.40. The number of aryl methyl sites for hydroxylation is 1. The Morgan fingerprint density at radius 2 is 2.10 bits per heavy atom. The normalized spacial score (nSPS) is 23.1. The first-order chi connectivity index (χ1) is 10.3. The number of hydrogen-bond donors (Lipinski definition) is 1. The highest BCUT2D eigenvalue weighted by molar-refractivity contribution is 5.43. The molecular weight excluding hydrogens is 262 g/mol. The standard InChI is InChI=1S/C17H27N3O/c1-2-5-15-10-14(13-21)11-17(18-15)20-9-4-8-19-7-3-6-16(19)12-20/h10-11,16,21H,2-9,12-13H2,1H3. The zero-order valence-electron chi connectivity index (χ0n) is 13.1. The van der Waals surface area contributed by atoms with Crippen LogP contribution in [0.5, 0.6) is 0 Å². The lowest BCUT2D eigenvalue weighted by molar-refractivity contribution is 0.273. The molecule has 0 saturated carbocycles. The van der Waals surface area contributed by atoms with Gasteiger partial charge in [-0.15, -0.1) is 0 Å². The average Bonchev–Trinajstić information content (AvgIpc) is 2.84. The molecular formula is C17H27N3O. The van der Waals surface area contributed by atoms with Crippen molar-refractivity contribution in [1.29, 1.82) is 0 Å². The molecule has 2 aliphatic heterocycles. The molecule has 1 unspecified atom stereocenters. The van der Waals surface area contributed by atoms with Gasteiger partial charge in [0.25, 0.3) is 0 Å². The number of aliphatic hydroxyl groups is 1. The predicted octanol–water partition coefficient (Wildman–Crippen LogP) is 2.20. The third-order valence-corrected chi connectivity index (χ3v) is 4.74. The first-order valence-electron chi connectivity index (χ1n) is 8.40. The Labute approximate surface area is 127 Å². The van der Waals surface area contributed by atoms with Crippen LogP contribution < -0.4 is 4.90 Å². The Kier molecular flexibility index (Phi) is 4.76. The highest BCUT2D eigenvalue weighted by Crippen LogP contribution is 2.25. The number of aromatic nitrogens is 1. The van der Waals surface area contributed by atoms with Crippen molar-refractivity contribution in [2.45, 2.75) is 51.7 Å². The number of aliphatic hydroxyl groups excluding tert-OH is 1. The molecule has 21 heavy (non-hydrogen) atoms. The van der Waals surface area contributed by atoms with Crippen molar-refractivity contribution in [3.05, 3.63) is 23.4 Å². The minimum absolute atomic E-state index is 0.107. The van der Waals surface area contributed by atoms with E-state index in [-0.39, 0.29) is 6.61 Å². The largest absolute Gasteiger partial charge is 0.392 e. The fraction of sp³-hybridized carbons (Fsp3) is 0.706. The lowest BCUT2D eigenvalue weighted by Crippen LogP contribution is -2.37. The molecule has 0 aromatic carbocycles. The van der Waals surface area contributed by atoms with Crippen LogP contribution in [-0.4, -0.2) is 47.2 Å². The van der Waals surface area contributed by atoms with E-state index in [1.165, 1.54) is 32.4 Å². The summed E-state index contributed by atoms with van der Waals surface area (Å²) in [6, 6.07) is 4.82. The van der Waals surface area contributed by atoms with E-state index in [1.807, 2.05) is 6.07 Å². The SMILES string of the molecule is CCCc1cc(CO)cc(N2CCCN3CCCC3C2)n1. The Morgan fingerprint density at radius 1 is 1.24 bits per heavy atom. The van der Waals surface area contributed by atoms with Crippen molar-refractivity contribution in [1.82, 2.24) is 9.88 Å². The van der Waals surface area contributed by atoms with Crippen molar-refractivity contribution in [3.8, 4) is 0 Å². The zero-order valence-corrected chi connectivity index (χ0v) is 13.1. The molecule has 0 aliphatic carbocycles. The van der Waals surface area contributed by atoms with Gasteiger partial charge in [0, 0.05) is 31.4 Å². The summed E-state index contributed by atoms with van der Waals surface area (Å²) >= 11 is 0. The molecule has 0 radical (unpaired) electrons. The molecule has 1 aromatic rings. The lowest BCUT2D eigenvalue weighted by atomic mass is 10.1. The number of rotatable bonds is 4. The third-order valence-electron chi connectivity index (χ3n) is 4.74. The quantitative estimate of drug-likeness (QED) is 0.922. The molecule has 4 heteroatoms. The number of pyridine rings is 1. The second-order valence-electron chi connectivity index (χ2n) is 6.36. The summed E-state index contributed by atoms with van der Waals surface area (Å²) in [6.45, 7) is 6.95. The molecule has 2 fully saturated rings. The van der Waals surface area contributed by atoms with Crippen LogP contribution in [0.2, 0.25) is 0 Å². The van der Waals surface area contributed by atoms with E-state index in [0.717, 1.165) is 43.0 Å². The molecule has 1 N–H and O–H groups in total. The van der Waals surface area contributed by atoms with E-state index in [9.17, 15) is 5.11 Å². The summed E-state index contributed by atoms with van der Waals surface area (Å²) in [5.41, 5.74) is 2.11. The van der Waals surface area contributed by atoms with Crippen LogP contribution >= 0.6 is 0 Å². The molecule has 0 bridgehead atoms. The molecule has 1 aromatic heterocycles. The van der Waals surface area contributed by atoms with E-state index in [2.05, 4.69) is 22.8 Å². The van der Waals surface area contributed by atoms with Crippen molar-refractivity contribution in [2.75, 3.05) is 31.1 Å². The van der Waals surface area contributed by atoms with E-state index < -0.39 is 0 Å². The fourth-order valence-corrected chi connectivity index (χ4v) is 3.69. The van der Waals surface area contributed by atoms with Crippen molar-refractivity contribution >= 4 is 5.82 Å². The van der Waals surface area contributed by atoms with Crippen LogP contribution in [0, 0.1) is 0 Å². The van der Waals surface area contributed by atoms with Gasteiger partial charge >= 0.3 is 0 Å². The van der Waals surface area contributed by atoms with Crippen molar-refractivity contribution < 1.29 is 5.11 Å². The summed E-state index contributed by atoms with van der Waals surface area (Å²) in [5.74, 6) is 1.07. The van der Waals surface area contributed by atoms with Crippen LogP contribution in [0.4, 0.5) is 5.82 Å². The monoisotopic (exact) mass is 289 g/mol. The molecule has 2 aliphatic rings. The van der Waals surface area contributed by atoms with E-state index in [4.69, 9.17) is 4.98 Å². The van der Waals surface area contributed by atoms with Gasteiger partial charge in [0.2, 0.25) is 0 Å². The van der Waals surface area contributed by atoms with Crippen LogP contribution in [-0.2, 0) is 13.0 Å². The van der Waals surface area contributed by atoms with Gasteiger partial charge < -0.3 is 10.0 Å². The Morgan fingerprint density at radius 3 is 2.90 bits per heavy atom. The molecule has 0 spiro atoms. The van der Waals surface area contributed by atoms with Crippen LogP contribution in [0.25, 0.3) is 0 Å². The third kappa shape index (κ3) is 3.38. The van der Waals surface area contributed by atoms with Crippen molar-refractivity contribution in [3.63, 3.8) is 0 Å². The summed E-state index contributed by atoms with van der Waals surface area (Å²) in [6.07, 6.45) is 5.95. The van der Waals surface area contributed by atoms with Crippen LogP contribution in [0.1, 0.15) is 43.9 Å². The Balaban J connectivity index is 1.82. The van der Waals surface area contributed by atoms with Gasteiger partial charge in [-0.3, -0.25) is 4.90 Å². The number of hydrogen-bond acceptors (Lipinski definition) is 4. The Bertz CT molecular complexity index is 477. The summed E-state index contributed by atoms with van der Waals surface area (Å²) < 4.78 is 0. The second kappa shape index (κ2) is 6.75. The molecule has 1 atom stereocenters. The highest BCUT2D eigenvalue weighted by atomic mass is 16.3. The molecule has 3 rings (SSSR count). The number of fused-ring (bicyclic) bond motifs is 1. The highest BCUT2D eigenvalue weighted by Gasteiger charge is 2.29. The molecule has 2 saturated heterocycles. The molecule has 4 nitrogen and oxygen atoms in total.